The van der Waals surface area contributed by atoms with Crippen LogP contribution >= 0.6 is 0 Å². The summed E-state index contributed by atoms with van der Waals surface area (Å²) in [5, 5.41) is 16.7. The molecule has 76 heavy (non-hydrogen) atoms. The molecule has 2 saturated heterocycles. The summed E-state index contributed by atoms with van der Waals surface area (Å²) in [7, 11) is -6.72. The first kappa shape index (κ1) is 53.0. The molecule has 0 bridgehead atoms. The monoisotopic (exact) mass is 1070 g/mol. The molecule has 2 saturated carbocycles. The van der Waals surface area contributed by atoms with Gasteiger partial charge in [-0.1, -0.05) is 94.4 Å². The molecule has 4 atom stereocenters. The highest BCUT2D eigenvalue weighted by Crippen LogP contribution is 2.47. The average Bonchev–Trinajstić information content (AvgIpc) is 4.24. The molecule has 6 aromatic rings. The molecule has 3 aromatic carbocycles. The summed E-state index contributed by atoms with van der Waals surface area (Å²) in [6.07, 6.45) is 8.66. The second-order valence-electron chi connectivity index (χ2n) is 23.0. The van der Waals surface area contributed by atoms with E-state index in [0.29, 0.717) is 43.8 Å². The fourth-order valence-corrected chi connectivity index (χ4v) is 12.8. The van der Waals surface area contributed by atoms with E-state index >= 15 is 0 Å². The van der Waals surface area contributed by atoms with Crippen LogP contribution in [0, 0.1) is 0 Å². The molecular formula is C58H72N10O6S2. The van der Waals surface area contributed by atoms with Gasteiger partial charge in [0.25, 0.3) is 0 Å². The van der Waals surface area contributed by atoms with Gasteiger partial charge in [-0.3, -0.25) is 9.67 Å². The van der Waals surface area contributed by atoms with Gasteiger partial charge in [0.15, 0.2) is 25.5 Å². The maximum Gasteiger partial charge on any atom is 0.317 e. The number of nitrogens with zero attached hydrogens (tertiary/aromatic N) is 8. The lowest BCUT2D eigenvalue weighted by atomic mass is 9.76. The lowest BCUT2D eigenvalue weighted by Gasteiger charge is -2.28. The Morgan fingerprint density at radius 3 is 1.79 bits per heavy atom. The number of carbonyl (C=O) groups excluding carboxylic acids is 2. The van der Waals surface area contributed by atoms with E-state index in [-0.39, 0.29) is 75.7 Å². The lowest BCUT2D eigenvalue weighted by molar-refractivity contribution is 0.206. The molecule has 0 radical (unpaired) electrons. The summed E-state index contributed by atoms with van der Waals surface area (Å²) in [5.74, 6) is 2.01. The van der Waals surface area contributed by atoms with Gasteiger partial charge < -0.3 is 20.4 Å². The van der Waals surface area contributed by atoms with Crippen LogP contribution < -0.4 is 10.6 Å². The van der Waals surface area contributed by atoms with Crippen molar-refractivity contribution in [1.82, 2.24) is 50.0 Å². The van der Waals surface area contributed by atoms with Gasteiger partial charge in [0.05, 0.1) is 50.8 Å². The lowest BCUT2D eigenvalue weighted by Crippen LogP contribution is -2.38. The quantitative estimate of drug-likeness (QED) is 0.0890. The van der Waals surface area contributed by atoms with Crippen LogP contribution in [0.4, 0.5) is 9.59 Å². The number of hydrogen-bond acceptors (Lipinski definition) is 10. The number of rotatable bonds is 17. The number of urea groups is 2. The Bertz CT molecular complexity index is 3290. The van der Waals surface area contributed by atoms with Crippen molar-refractivity contribution in [3.05, 3.63) is 154 Å². The van der Waals surface area contributed by atoms with Crippen LogP contribution in [0.5, 0.6) is 0 Å². The number of aromatic nitrogens is 6. The van der Waals surface area contributed by atoms with Crippen molar-refractivity contribution in [3.8, 4) is 0 Å². The first-order chi connectivity index (χ1) is 36.2. The zero-order valence-corrected chi connectivity index (χ0v) is 46.4. The van der Waals surface area contributed by atoms with Crippen LogP contribution in [0.1, 0.15) is 161 Å². The van der Waals surface area contributed by atoms with E-state index in [0.717, 1.165) is 77.3 Å². The Kier molecular flexibility index (Phi) is 14.5. The van der Waals surface area contributed by atoms with Gasteiger partial charge in [0, 0.05) is 80.1 Å². The SMILES string of the molecule is CCS(=O)(=O)c1ccc(CNC(=O)N2CC(c3ccc(CC(C)(C)c4nn(C5CC5)cc4C4CN(C(=O)NCc5ccc(S(=O)(=O)CC)cn5)CC4c4ccccc4)cc3)C(c3nc(C4CC4)nn3C(C)(C)C)C2)cc1. The number of sulfone groups is 2. The summed E-state index contributed by atoms with van der Waals surface area (Å²) >= 11 is 0. The van der Waals surface area contributed by atoms with Crippen molar-refractivity contribution in [3.63, 3.8) is 0 Å². The largest absolute Gasteiger partial charge is 0.334 e. The third-order valence-corrected chi connectivity index (χ3v) is 19.3. The van der Waals surface area contributed by atoms with E-state index < -0.39 is 25.1 Å². The summed E-state index contributed by atoms with van der Waals surface area (Å²) in [4.78, 5) is 41.9. The molecule has 4 unspecified atom stereocenters. The number of carbonyl (C=O) groups is 2. The van der Waals surface area contributed by atoms with Crippen LogP contribution in [0.25, 0.3) is 0 Å². The van der Waals surface area contributed by atoms with Gasteiger partial charge >= 0.3 is 12.1 Å². The molecule has 4 aliphatic rings. The number of nitrogens with one attached hydrogen (secondary N) is 2. The van der Waals surface area contributed by atoms with Gasteiger partial charge in [-0.25, -0.2) is 36.1 Å². The first-order valence-corrected chi connectivity index (χ1v) is 30.3. The molecule has 4 fully saturated rings. The van der Waals surface area contributed by atoms with Gasteiger partial charge in [-0.2, -0.15) is 10.2 Å². The molecule has 2 aliphatic carbocycles. The van der Waals surface area contributed by atoms with Crippen molar-refractivity contribution in [1.29, 1.82) is 0 Å². The normalized spacial score (nSPS) is 20.3. The van der Waals surface area contributed by atoms with Gasteiger partial charge in [-0.15, -0.1) is 0 Å². The molecule has 10 rings (SSSR count). The Balaban J connectivity index is 0.889. The summed E-state index contributed by atoms with van der Waals surface area (Å²) in [6.45, 7) is 16.6. The van der Waals surface area contributed by atoms with E-state index in [1.54, 1.807) is 50.2 Å². The number of benzene rings is 3. The van der Waals surface area contributed by atoms with Crippen molar-refractivity contribution in [2.45, 2.75) is 150 Å². The molecule has 3 aromatic heterocycles. The minimum atomic E-state index is -3.39. The summed E-state index contributed by atoms with van der Waals surface area (Å²) in [5.41, 5.74) is 6.32. The highest BCUT2D eigenvalue weighted by atomic mass is 32.2. The zero-order chi connectivity index (χ0) is 53.7. The molecule has 4 amide bonds. The van der Waals surface area contributed by atoms with Crippen LogP contribution in [-0.4, -0.2) is 106 Å². The van der Waals surface area contributed by atoms with E-state index in [2.05, 4.69) is 114 Å². The van der Waals surface area contributed by atoms with Crippen molar-refractivity contribution in [2.75, 3.05) is 37.7 Å². The van der Waals surface area contributed by atoms with Gasteiger partial charge in [0.1, 0.15) is 5.82 Å². The summed E-state index contributed by atoms with van der Waals surface area (Å²) < 4.78 is 53.9. The van der Waals surface area contributed by atoms with E-state index in [4.69, 9.17) is 15.2 Å². The first-order valence-electron chi connectivity index (χ1n) is 27.0. The molecule has 0 spiro atoms. The second-order valence-corrected chi connectivity index (χ2v) is 27.6. The molecule has 16 nitrogen and oxygen atoms in total. The molecule has 5 heterocycles. The van der Waals surface area contributed by atoms with Gasteiger partial charge in [0.2, 0.25) is 0 Å². The molecule has 2 aliphatic heterocycles. The van der Waals surface area contributed by atoms with Gasteiger partial charge in [-0.05, 0) is 105 Å². The predicted octanol–water partition coefficient (Wildman–Crippen LogP) is 9.13. The number of likely N-dealkylation sites (tertiary alicyclic amines) is 2. The van der Waals surface area contributed by atoms with E-state index in [9.17, 15) is 26.4 Å². The molecular weight excluding hydrogens is 997 g/mol. The van der Waals surface area contributed by atoms with E-state index in [1.165, 1.54) is 6.20 Å². The fraction of sp³-hybridized carbons (Fsp3) is 0.483. The van der Waals surface area contributed by atoms with Crippen LogP contribution in [0.15, 0.2) is 113 Å². The Labute approximate surface area is 447 Å². The topological polar surface area (TPSA) is 194 Å². The number of hydrogen-bond donors (Lipinski definition) is 2. The van der Waals surface area contributed by atoms with Crippen LogP contribution in [0.3, 0.4) is 0 Å². The Hall–Kier alpha value is -6.40. The fourth-order valence-electron chi connectivity index (χ4n) is 11.1. The third-order valence-electron chi connectivity index (χ3n) is 15.8. The number of pyridine rings is 1. The second kappa shape index (κ2) is 20.9. The average molecular weight is 1070 g/mol. The molecule has 18 heteroatoms. The highest BCUT2D eigenvalue weighted by Gasteiger charge is 2.45. The maximum absolute atomic E-state index is 14.1. The minimum Gasteiger partial charge on any atom is -0.334 e. The molecule has 2 N–H and O–H groups in total. The highest BCUT2D eigenvalue weighted by molar-refractivity contribution is 7.91. The zero-order valence-electron chi connectivity index (χ0n) is 44.8. The Morgan fingerprint density at radius 2 is 1.20 bits per heavy atom. The van der Waals surface area contributed by atoms with Crippen LogP contribution in [-0.2, 0) is 50.1 Å². The molecule has 402 valence electrons. The maximum atomic E-state index is 14.1. The predicted molar refractivity (Wildman–Crippen MR) is 292 cm³/mol. The Morgan fingerprint density at radius 1 is 0.632 bits per heavy atom. The smallest absolute Gasteiger partial charge is 0.317 e. The third kappa shape index (κ3) is 11.3. The van der Waals surface area contributed by atoms with Crippen molar-refractivity contribution < 1.29 is 26.4 Å². The van der Waals surface area contributed by atoms with E-state index in [1.807, 2.05) is 15.9 Å². The summed E-state index contributed by atoms with van der Waals surface area (Å²) in [6, 6.07) is 29.2. The minimum absolute atomic E-state index is 0.00957. The van der Waals surface area contributed by atoms with Crippen LogP contribution in [0.2, 0.25) is 0 Å². The van der Waals surface area contributed by atoms with Crippen molar-refractivity contribution in [2.24, 2.45) is 0 Å². The van der Waals surface area contributed by atoms with Crippen molar-refractivity contribution >= 4 is 31.7 Å². The number of amides is 4. The standard InChI is InChI=1S/C58H72N10O6S2/c1-8-75(71,72)45-26-17-39(18-27-45)30-60-55(69)66-34-48(51(36-66)54-62-53(42-21-22-42)64-68(54)57(3,4)5)41-19-15-38(16-20-41)29-58(6,7)52-50(37-67(63-52)44-24-25-44)49-35-65(33-47(49)40-13-11-10-12-14-40)56(70)61-31-43-23-28-46(32-59-43)76(73,74)9-2/h10-20,23,26-28,32,37,42,44,47-49,51H,8-9,21-22,24-25,29-31,33-36H2,1-7H3,(H,60,69)(H,61,70).